The van der Waals surface area contributed by atoms with Crippen LogP contribution in [-0.2, 0) is 4.74 Å². The Balaban J connectivity index is 3.08. The molecule has 0 aliphatic heterocycles. The Morgan fingerprint density at radius 1 is 1.47 bits per heavy atom. The van der Waals surface area contributed by atoms with E-state index in [1.54, 1.807) is 20.9 Å². The number of benzene rings is 1. The number of hydrogen-bond donors (Lipinski definition) is 1. The third kappa shape index (κ3) is 3.17. The SMILES string of the molecule is CNc1ccc(C(=O)OC(C)C)cc1[N+](=O)[O-]. The maximum atomic E-state index is 11.6. The molecule has 0 unspecified atom stereocenters. The fourth-order valence-electron chi connectivity index (χ4n) is 1.30. The summed E-state index contributed by atoms with van der Waals surface area (Å²) in [6, 6.07) is 4.18. The number of carbonyl (C=O) groups excluding carboxylic acids is 1. The lowest BCUT2D eigenvalue weighted by atomic mass is 10.1. The molecule has 0 radical (unpaired) electrons. The lowest BCUT2D eigenvalue weighted by Crippen LogP contribution is -2.12. The zero-order valence-electron chi connectivity index (χ0n) is 9.89. The Bertz CT molecular complexity index is 443. The average molecular weight is 238 g/mol. The van der Waals surface area contributed by atoms with Gasteiger partial charge in [0.2, 0.25) is 0 Å². The van der Waals surface area contributed by atoms with Gasteiger partial charge in [-0.2, -0.15) is 0 Å². The Kier molecular flexibility index (Phi) is 4.03. The molecule has 0 aliphatic carbocycles. The predicted molar refractivity (Wildman–Crippen MR) is 63.2 cm³/mol. The molecule has 1 rings (SSSR count). The minimum atomic E-state index is -0.564. The molecule has 0 amide bonds. The van der Waals surface area contributed by atoms with Crippen LogP contribution in [0.15, 0.2) is 18.2 Å². The van der Waals surface area contributed by atoms with Crippen LogP contribution in [0.2, 0.25) is 0 Å². The third-order valence-corrected chi connectivity index (χ3v) is 2.04. The molecule has 6 heteroatoms. The number of nitrogens with one attached hydrogen (secondary N) is 1. The first-order chi connectivity index (χ1) is 7.95. The van der Waals surface area contributed by atoms with Gasteiger partial charge in [0.25, 0.3) is 5.69 Å². The van der Waals surface area contributed by atoms with Gasteiger partial charge in [0, 0.05) is 13.1 Å². The third-order valence-electron chi connectivity index (χ3n) is 2.04. The van der Waals surface area contributed by atoms with Crippen molar-refractivity contribution in [2.45, 2.75) is 20.0 Å². The Morgan fingerprint density at radius 2 is 2.12 bits per heavy atom. The average Bonchev–Trinajstić information content (AvgIpc) is 2.27. The molecule has 1 N–H and O–H groups in total. The zero-order chi connectivity index (χ0) is 13.0. The molecule has 0 saturated carbocycles. The van der Waals surface area contributed by atoms with E-state index < -0.39 is 10.9 Å². The molecular formula is C11H14N2O4. The van der Waals surface area contributed by atoms with E-state index in [4.69, 9.17) is 4.74 Å². The predicted octanol–water partition coefficient (Wildman–Crippen LogP) is 2.20. The maximum absolute atomic E-state index is 11.6. The number of rotatable bonds is 4. The van der Waals surface area contributed by atoms with Crippen LogP contribution in [-0.4, -0.2) is 24.0 Å². The molecule has 1 aromatic carbocycles. The quantitative estimate of drug-likeness (QED) is 0.494. The van der Waals surface area contributed by atoms with Gasteiger partial charge in [-0.3, -0.25) is 10.1 Å². The van der Waals surface area contributed by atoms with Crippen molar-refractivity contribution in [1.82, 2.24) is 0 Å². The second-order valence-corrected chi connectivity index (χ2v) is 3.69. The molecule has 1 aromatic rings. The van der Waals surface area contributed by atoms with E-state index in [0.717, 1.165) is 0 Å². The molecular weight excluding hydrogens is 224 g/mol. The number of anilines is 1. The first-order valence-electron chi connectivity index (χ1n) is 5.13. The lowest BCUT2D eigenvalue weighted by molar-refractivity contribution is -0.384. The summed E-state index contributed by atoms with van der Waals surface area (Å²) in [6.45, 7) is 3.43. The first-order valence-corrected chi connectivity index (χ1v) is 5.13. The van der Waals surface area contributed by atoms with Crippen molar-refractivity contribution in [2.24, 2.45) is 0 Å². The molecule has 0 saturated heterocycles. The van der Waals surface area contributed by atoms with Crippen molar-refractivity contribution in [3.05, 3.63) is 33.9 Å². The molecule has 0 heterocycles. The van der Waals surface area contributed by atoms with E-state index >= 15 is 0 Å². The molecule has 0 aliphatic rings. The Morgan fingerprint density at radius 3 is 2.59 bits per heavy atom. The minimum Gasteiger partial charge on any atom is -0.459 e. The molecule has 0 spiro atoms. The lowest BCUT2D eigenvalue weighted by Gasteiger charge is -2.08. The molecule has 92 valence electrons. The van der Waals surface area contributed by atoms with Gasteiger partial charge in [-0.05, 0) is 26.0 Å². The number of hydrogen-bond acceptors (Lipinski definition) is 5. The van der Waals surface area contributed by atoms with Crippen LogP contribution < -0.4 is 5.32 Å². The van der Waals surface area contributed by atoms with Crippen LogP contribution in [0.4, 0.5) is 11.4 Å². The molecule has 0 atom stereocenters. The van der Waals surface area contributed by atoms with Crippen molar-refractivity contribution in [2.75, 3.05) is 12.4 Å². The number of esters is 1. The standard InChI is InChI=1S/C11H14N2O4/c1-7(2)17-11(14)8-4-5-9(12-3)10(6-8)13(15)16/h4-7,12H,1-3H3. The first kappa shape index (κ1) is 13.0. The van der Waals surface area contributed by atoms with E-state index in [1.807, 2.05) is 0 Å². The molecule has 0 aromatic heterocycles. The highest BCUT2D eigenvalue weighted by molar-refractivity contribution is 5.91. The highest BCUT2D eigenvalue weighted by Crippen LogP contribution is 2.25. The monoisotopic (exact) mass is 238 g/mol. The highest BCUT2D eigenvalue weighted by Gasteiger charge is 2.17. The fourth-order valence-corrected chi connectivity index (χ4v) is 1.30. The number of nitro benzene ring substituents is 1. The van der Waals surface area contributed by atoms with Crippen LogP contribution in [0.25, 0.3) is 0 Å². The van der Waals surface area contributed by atoms with Gasteiger partial charge < -0.3 is 10.1 Å². The second-order valence-electron chi connectivity index (χ2n) is 3.69. The van der Waals surface area contributed by atoms with Crippen molar-refractivity contribution in [3.63, 3.8) is 0 Å². The summed E-state index contributed by atoms with van der Waals surface area (Å²) in [5.41, 5.74) is 0.381. The zero-order valence-corrected chi connectivity index (χ0v) is 9.89. The summed E-state index contributed by atoms with van der Waals surface area (Å²) >= 11 is 0. The summed E-state index contributed by atoms with van der Waals surface area (Å²) in [6.07, 6.45) is -0.259. The van der Waals surface area contributed by atoms with E-state index in [1.165, 1.54) is 18.2 Å². The summed E-state index contributed by atoms with van der Waals surface area (Å²) < 4.78 is 4.96. The number of nitrogens with zero attached hydrogens (tertiary/aromatic N) is 1. The van der Waals surface area contributed by atoms with Gasteiger partial charge in [0.05, 0.1) is 16.6 Å². The van der Waals surface area contributed by atoms with Gasteiger partial charge in [0.1, 0.15) is 5.69 Å². The fraction of sp³-hybridized carbons (Fsp3) is 0.364. The molecule has 0 fully saturated rings. The summed E-state index contributed by atoms with van der Waals surface area (Å²) in [5, 5.41) is 13.5. The summed E-state index contributed by atoms with van der Waals surface area (Å²) in [4.78, 5) is 21.8. The van der Waals surface area contributed by atoms with E-state index in [0.29, 0.717) is 5.69 Å². The normalized spacial score (nSPS) is 10.1. The van der Waals surface area contributed by atoms with Crippen LogP contribution >= 0.6 is 0 Å². The summed E-state index contributed by atoms with van der Waals surface area (Å²) in [5.74, 6) is -0.564. The summed E-state index contributed by atoms with van der Waals surface area (Å²) in [7, 11) is 1.58. The van der Waals surface area contributed by atoms with E-state index in [9.17, 15) is 14.9 Å². The smallest absolute Gasteiger partial charge is 0.338 e. The topological polar surface area (TPSA) is 81.5 Å². The number of nitro groups is 1. The maximum Gasteiger partial charge on any atom is 0.338 e. The van der Waals surface area contributed by atoms with Crippen LogP contribution in [0, 0.1) is 10.1 Å². The minimum absolute atomic E-state index is 0.147. The van der Waals surface area contributed by atoms with Gasteiger partial charge in [-0.1, -0.05) is 0 Å². The van der Waals surface area contributed by atoms with Crippen molar-refractivity contribution < 1.29 is 14.5 Å². The van der Waals surface area contributed by atoms with Crippen molar-refractivity contribution >= 4 is 17.3 Å². The van der Waals surface area contributed by atoms with E-state index in [2.05, 4.69) is 5.32 Å². The Hall–Kier alpha value is -2.11. The van der Waals surface area contributed by atoms with Crippen molar-refractivity contribution in [3.8, 4) is 0 Å². The molecule has 0 bridgehead atoms. The number of carbonyl (C=O) groups is 1. The van der Waals surface area contributed by atoms with Crippen LogP contribution in [0.5, 0.6) is 0 Å². The van der Waals surface area contributed by atoms with Crippen LogP contribution in [0.1, 0.15) is 24.2 Å². The highest BCUT2D eigenvalue weighted by atomic mass is 16.6. The van der Waals surface area contributed by atoms with Crippen molar-refractivity contribution in [1.29, 1.82) is 0 Å². The number of ether oxygens (including phenoxy) is 1. The molecule has 6 nitrogen and oxygen atoms in total. The van der Waals surface area contributed by atoms with Crippen LogP contribution in [0.3, 0.4) is 0 Å². The second kappa shape index (κ2) is 5.29. The molecule has 17 heavy (non-hydrogen) atoms. The van der Waals surface area contributed by atoms with E-state index in [-0.39, 0.29) is 17.4 Å². The largest absolute Gasteiger partial charge is 0.459 e. The van der Waals surface area contributed by atoms with Gasteiger partial charge in [-0.25, -0.2) is 4.79 Å². The Labute approximate surface area is 98.7 Å². The van der Waals surface area contributed by atoms with Gasteiger partial charge in [0.15, 0.2) is 0 Å². The van der Waals surface area contributed by atoms with Gasteiger partial charge >= 0.3 is 5.97 Å². The van der Waals surface area contributed by atoms with Gasteiger partial charge in [-0.15, -0.1) is 0 Å².